The molecule has 8 nitrogen and oxygen atoms in total. The molecule has 2 aromatic carbocycles. The van der Waals surface area contributed by atoms with Gasteiger partial charge in [0.1, 0.15) is 0 Å². The highest BCUT2D eigenvalue weighted by molar-refractivity contribution is 9.10. The summed E-state index contributed by atoms with van der Waals surface area (Å²) in [5.41, 5.74) is 2.77. The number of hydrogen-bond donors (Lipinski definition) is 2. The van der Waals surface area contributed by atoms with E-state index in [4.69, 9.17) is 4.74 Å². The lowest BCUT2D eigenvalue weighted by atomic mass is 10.2. The number of amides is 1. The van der Waals surface area contributed by atoms with E-state index in [-0.39, 0.29) is 22.7 Å². The second-order valence-electron chi connectivity index (χ2n) is 4.56. The van der Waals surface area contributed by atoms with E-state index in [0.29, 0.717) is 10.0 Å². The van der Waals surface area contributed by atoms with E-state index in [1.54, 1.807) is 6.07 Å². The lowest BCUT2D eigenvalue weighted by Crippen LogP contribution is -2.17. The standard InChI is InChI=1S/C15H12BrN3O5/c1-24-13-6-9(5-12(16)14(13)20)8-17-18-15(21)10-3-2-4-11(7-10)19(22)23/h2-8,20H,1H3,(H,18,21)/b17-8+. The number of ether oxygens (including phenoxy) is 1. The van der Waals surface area contributed by atoms with E-state index < -0.39 is 10.8 Å². The Hall–Kier alpha value is -2.94. The van der Waals surface area contributed by atoms with Crippen LogP contribution in [-0.4, -0.2) is 29.3 Å². The van der Waals surface area contributed by atoms with E-state index in [1.807, 2.05) is 0 Å². The number of nitrogens with zero attached hydrogens (tertiary/aromatic N) is 2. The van der Waals surface area contributed by atoms with Crippen LogP contribution in [0.15, 0.2) is 46.0 Å². The summed E-state index contributed by atoms with van der Waals surface area (Å²) in [7, 11) is 1.41. The second-order valence-corrected chi connectivity index (χ2v) is 5.41. The Morgan fingerprint density at radius 3 is 2.83 bits per heavy atom. The lowest BCUT2D eigenvalue weighted by Gasteiger charge is -2.06. The van der Waals surface area contributed by atoms with E-state index in [9.17, 15) is 20.0 Å². The van der Waals surface area contributed by atoms with Crippen molar-refractivity contribution >= 4 is 33.7 Å². The molecule has 0 unspecified atom stereocenters. The molecule has 9 heteroatoms. The van der Waals surface area contributed by atoms with E-state index in [2.05, 4.69) is 26.5 Å². The lowest BCUT2D eigenvalue weighted by molar-refractivity contribution is -0.384. The number of carbonyl (C=O) groups excluding carboxylic acids is 1. The molecule has 0 aromatic heterocycles. The number of nitro benzene ring substituents is 1. The predicted octanol–water partition coefficient (Wildman–Crippen LogP) is 2.84. The number of halogens is 1. The first-order valence-corrected chi connectivity index (χ1v) is 7.36. The number of hydrogen-bond acceptors (Lipinski definition) is 6. The number of non-ortho nitro benzene ring substituents is 1. The van der Waals surface area contributed by atoms with Crippen LogP contribution in [0.5, 0.6) is 11.5 Å². The van der Waals surface area contributed by atoms with Crippen LogP contribution in [0.3, 0.4) is 0 Å². The van der Waals surface area contributed by atoms with Gasteiger partial charge in [0.05, 0.1) is 22.7 Å². The maximum absolute atomic E-state index is 11.9. The van der Waals surface area contributed by atoms with Crippen molar-refractivity contribution in [3.8, 4) is 11.5 Å². The fourth-order valence-electron chi connectivity index (χ4n) is 1.81. The monoisotopic (exact) mass is 393 g/mol. The first-order chi connectivity index (χ1) is 11.4. The molecule has 124 valence electrons. The van der Waals surface area contributed by atoms with Crippen molar-refractivity contribution in [2.75, 3.05) is 7.11 Å². The number of rotatable bonds is 5. The van der Waals surface area contributed by atoms with Crippen LogP contribution in [0.4, 0.5) is 5.69 Å². The topological polar surface area (TPSA) is 114 Å². The average molecular weight is 394 g/mol. The first kappa shape index (κ1) is 17.4. The van der Waals surface area contributed by atoms with Crippen molar-refractivity contribution in [2.24, 2.45) is 5.10 Å². The zero-order chi connectivity index (χ0) is 17.7. The molecule has 0 saturated heterocycles. The Balaban J connectivity index is 2.11. The summed E-state index contributed by atoms with van der Waals surface area (Å²) in [5, 5.41) is 24.2. The molecule has 0 atom stereocenters. The van der Waals surface area contributed by atoms with Gasteiger partial charge < -0.3 is 9.84 Å². The van der Waals surface area contributed by atoms with Crippen LogP contribution in [-0.2, 0) is 0 Å². The molecule has 0 fully saturated rings. The zero-order valence-electron chi connectivity index (χ0n) is 12.4. The van der Waals surface area contributed by atoms with E-state index in [0.717, 1.165) is 6.07 Å². The highest BCUT2D eigenvalue weighted by Gasteiger charge is 2.11. The summed E-state index contributed by atoms with van der Waals surface area (Å²) in [6.07, 6.45) is 1.35. The fraction of sp³-hybridized carbons (Fsp3) is 0.0667. The Bertz CT molecular complexity index is 823. The molecule has 0 saturated carbocycles. The zero-order valence-corrected chi connectivity index (χ0v) is 14.0. The van der Waals surface area contributed by atoms with Crippen molar-refractivity contribution in [3.05, 3.63) is 62.1 Å². The Kier molecular flexibility index (Phi) is 5.48. The molecule has 0 heterocycles. The maximum atomic E-state index is 11.9. The highest BCUT2D eigenvalue weighted by atomic mass is 79.9. The van der Waals surface area contributed by atoms with E-state index in [1.165, 1.54) is 37.6 Å². The smallest absolute Gasteiger partial charge is 0.271 e. The minimum Gasteiger partial charge on any atom is -0.503 e. The van der Waals surface area contributed by atoms with Crippen LogP contribution >= 0.6 is 15.9 Å². The molecule has 24 heavy (non-hydrogen) atoms. The molecular weight excluding hydrogens is 382 g/mol. The minimum atomic E-state index is -0.584. The molecule has 0 aliphatic rings. The number of phenols is 1. The summed E-state index contributed by atoms with van der Waals surface area (Å²) in [5.74, 6) is -0.383. The molecule has 2 N–H and O–H groups in total. The number of nitro groups is 1. The van der Waals surface area contributed by atoms with Crippen molar-refractivity contribution in [3.63, 3.8) is 0 Å². The van der Waals surface area contributed by atoms with Crippen LogP contribution < -0.4 is 10.2 Å². The van der Waals surface area contributed by atoms with Gasteiger partial charge in [-0.15, -0.1) is 0 Å². The molecule has 1 amide bonds. The second kappa shape index (κ2) is 7.55. The Morgan fingerprint density at radius 2 is 2.17 bits per heavy atom. The van der Waals surface area contributed by atoms with Crippen molar-refractivity contribution < 1.29 is 19.6 Å². The van der Waals surface area contributed by atoms with Crippen molar-refractivity contribution in [2.45, 2.75) is 0 Å². The number of hydrazone groups is 1. The molecule has 0 aliphatic carbocycles. The van der Waals surface area contributed by atoms with Gasteiger partial charge in [-0.3, -0.25) is 14.9 Å². The third kappa shape index (κ3) is 4.07. The molecular formula is C15H12BrN3O5. The third-order valence-electron chi connectivity index (χ3n) is 2.97. The quantitative estimate of drug-likeness (QED) is 0.460. The largest absolute Gasteiger partial charge is 0.503 e. The van der Waals surface area contributed by atoms with Gasteiger partial charge in [0.15, 0.2) is 11.5 Å². The Morgan fingerprint density at radius 1 is 1.42 bits per heavy atom. The molecule has 2 aromatic rings. The summed E-state index contributed by atoms with van der Waals surface area (Å²) < 4.78 is 5.42. The van der Waals surface area contributed by atoms with Crippen molar-refractivity contribution in [1.82, 2.24) is 5.43 Å². The number of methoxy groups -OCH3 is 1. The van der Waals surface area contributed by atoms with Gasteiger partial charge in [-0.1, -0.05) is 6.07 Å². The highest BCUT2D eigenvalue weighted by Crippen LogP contribution is 2.34. The minimum absolute atomic E-state index is 0.0460. The molecule has 2 rings (SSSR count). The molecule has 0 spiro atoms. The number of phenolic OH excluding ortho intramolecular Hbond substituents is 1. The molecule has 0 radical (unpaired) electrons. The summed E-state index contributed by atoms with van der Waals surface area (Å²) in [6.45, 7) is 0. The molecule has 0 bridgehead atoms. The number of benzene rings is 2. The number of aromatic hydroxyl groups is 1. The Labute approximate surface area is 145 Å². The first-order valence-electron chi connectivity index (χ1n) is 6.56. The van der Waals surface area contributed by atoms with Crippen LogP contribution in [0.1, 0.15) is 15.9 Å². The number of nitrogens with one attached hydrogen (secondary N) is 1. The summed E-state index contributed by atoms with van der Waals surface area (Å²) >= 11 is 3.17. The van der Waals surface area contributed by atoms with Gasteiger partial charge in [-0.25, -0.2) is 5.43 Å². The van der Waals surface area contributed by atoms with E-state index >= 15 is 0 Å². The van der Waals surface area contributed by atoms with Crippen LogP contribution in [0, 0.1) is 10.1 Å². The fourth-order valence-corrected chi connectivity index (χ4v) is 2.27. The van der Waals surface area contributed by atoms with Crippen molar-refractivity contribution in [1.29, 1.82) is 0 Å². The van der Waals surface area contributed by atoms with Gasteiger partial charge in [-0.2, -0.15) is 5.10 Å². The SMILES string of the molecule is COc1cc(/C=N/NC(=O)c2cccc([N+](=O)[O-])c2)cc(Br)c1O. The number of carbonyl (C=O) groups is 1. The van der Waals surface area contributed by atoms with Crippen LogP contribution in [0.25, 0.3) is 0 Å². The summed E-state index contributed by atoms with van der Waals surface area (Å²) in [4.78, 5) is 22.1. The van der Waals surface area contributed by atoms with Gasteiger partial charge in [0.2, 0.25) is 0 Å². The summed E-state index contributed by atoms with van der Waals surface area (Å²) in [6, 6.07) is 8.42. The van der Waals surface area contributed by atoms with Gasteiger partial charge in [0, 0.05) is 17.7 Å². The maximum Gasteiger partial charge on any atom is 0.271 e. The predicted molar refractivity (Wildman–Crippen MR) is 90.5 cm³/mol. The normalized spacial score (nSPS) is 10.6. The van der Waals surface area contributed by atoms with Gasteiger partial charge >= 0.3 is 0 Å². The third-order valence-corrected chi connectivity index (χ3v) is 3.57. The molecule has 0 aliphatic heterocycles. The van der Waals surface area contributed by atoms with Gasteiger partial charge in [0.25, 0.3) is 11.6 Å². The average Bonchev–Trinajstić information content (AvgIpc) is 2.57. The van der Waals surface area contributed by atoms with Gasteiger partial charge in [-0.05, 0) is 39.7 Å². The van der Waals surface area contributed by atoms with Crippen LogP contribution in [0.2, 0.25) is 0 Å².